The third-order valence-corrected chi connectivity index (χ3v) is 6.11. The fraction of sp³-hybridized carbons (Fsp3) is 0.467. The minimum absolute atomic E-state index is 0.112. The van der Waals surface area contributed by atoms with E-state index in [1.54, 1.807) is 13.8 Å². The number of β-lactam (4-membered cyclic amide) rings is 1. The molecule has 0 radical (unpaired) electrons. The predicted octanol–water partition coefficient (Wildman–Crippen LogP) is 1.77. The van der Waals surface area contributed by atoms with Crippen molar-refractivity contribution in [3.63, 3.8) is 0 Å². The fourth-order valence-electron chi connectivity index (χ4n) is 3.49. The molecule has 1 aromatic rings. The molecule has 2 aliphatic rings. The maximum absolute atomic E-state index is 14.1. The monoisotopic (exact) mass is 325 g/mol. The highest BCUT2D eigenvalue weighted by molar-refractivity contribution is 8.01. The van der Waals surface area contributed by atoms with Crippen molar-refractivity contribution in [2.45, 2.75) is 42.0 Å². The van der Waals surface area contributed by atoms with Gasteiger partial charge in [-0.15, -0.1) is 11.8 Å². The molecular weight excluding hydrogens is 309 g/mol. The SMILES string of the molecule is CC1(C)S[C@@H]2CC(=O)N2[C@]1(C(=O)O)C(O)c1ccccc1F. The van der Waals surface area contributed by atoms with Gasteiger partial charge >= 0.3 is 5.97 Å². The first-order valence-electron chi connectivity index (χ1n) is 6.89. The zero-order valence-electron chi connectivity index (χ0n) is 12.1. The summed E-state index contributed by atoms with van der Waals surface area (Å²) in [7, 11) is 0. The predicted molar refractivity (Wildman–Crippen MR) is 78.6 cm³/mol. The lowest BCUT2D eigenvalue weighted by Gasteiger charge is -2.48. The number of aliphatic carboxylic acids is 1. The van der Waals surface area contributed by atoms with Gasteiger partial charge in [0.25, 0.3) is 0 Å². The Kier molecular flexibility index (Phi) is 3.27. The van der Waals surface area contributed by atoms with E-state index in [1.165, 1.54) is 40.9 Å². The summed E-state index contributed by atoms with van der Waals surface area (Å²) in [6.45, 7) is 3.34. The van der Waals surface area contributed by atoms with E-state index in [4.69, 9.17) is 0 Å². The molecule has 0 spiro atoms. The van der Waals surface area contributed by atoms with E-state index in [1.807, 2.05) is 0 Å². The molecule has 2 fully saturated rings. The number of carbonyl (C=O) groups excluding carboxylic acids is 1. The molecule has 7 heteroatoms. The molecule has 0 saturated carbocycles. The van der Waals surface area contributed by atoms with Gasteiger partial charge in [0.05, 0.1) is 11.8 Å². The molecule has 22 heavy (non-hydrogen) atoms. The van der Waals surface area contributed by atoms with Crippen LogP contribution < -0.4 is 0 Å². The average molecular weight is 325 g/mol. The Morgan fingerprint density at radius 1 is 1.45 bits per heavy atom. The number of halogens is 1. The maximum atomic E-state index is 14.1. The van der Waals surface area contributed by atoms with Crippen LogP contribution in [0, 0.1) is 5.82 Å². The Morgan fingerprint density at radius 3 is 2.64 bits per heavy atom. The Labute approximate surface area is 131 Å². The number of aliphatic hydroxyl groups excluding tert-OH is 1. The maximum Gasteiger partial charge on any atom is 0.334 e. The highest BCUT2D eigenvalue weighted by Crippen LogP contribution is 2.60. The normalized spacial score (nSPS) is 30.6. The van der Waals surface area contributed by atoms with Gasteiger partial charge in [0.2, 0.25) is 5.91 Å². The number of amides is 1. The number of carboxylic acids is 1. The van der Waals surface area contributed by atoms with Crippen molar-refractivity contribution in [3.05, 3.63) is 35.6 Å². The fourth-order valence-corrected chi connectivity index (χ4v) is 5.26. The third kappa shape index (κ3) is 1.69. The Balaban J connectivity index is 2.19. The summed E-state index contributed by atoms with van der Waals surface area (Å²) >= 11 is 1.33. The number of benzene rings is 1. The van der Waals surface area contributed by atoms with E-state index in [-0.39, 0.29) is 23.3 Å². The number of carbonyl (C=O) groups is 2. The quantitative estimate of drug-likeness (QED) is 0.828. The first kappa shape index (κ1) is 15.3. The number of aliphatic hydroxyl groups is 1. The van der Waals surface area contributed by atoms with Crippen molar-refractivity contribution in [3.8, 4) is 0 Å². The van der Waals surface area contributed by atoms with Crippen molar-refractivity contribution in [1.29, 1.82) is 0 Å². The van der Waals surface area contributed by atoms with Crippen LogP contribution in [0.1, 0.15) is 31.9 Å². The Bertz CT molecular complexity index is 665. The van der Waals surface area contributed by atoms with Gasteiger partial charge in [-0.3, -0.25) is 4.79 Å². The van der Waals surface area contributed by atoms with Gasteiger partial charge in [-0.25, -0.2) is 9.18 Å². The van der Waals surface area contributed by atoms with Gasteiger partial charge in [0, 0.05) is 10.3 Å². The zero-order chi connectivity index (χ0) is 16.3. The molecule has 2 N–H and O–H groups in total. The first-order chi connectivity index (χ1) is 10.2. The van der Waals surface area contributed by atoms with E-state index >= 15 is 0 Å². The molecule has 2 aliphatic heterocycles. The van der Waals surface area contributed by atoms with Gasteiger partial charge in [0.15, 0.2) is 5.54 Å². The largest absolute Gasteiger partial charge is 0.479 e. The summed E-state index contributed by atoms with van der Waals surface area (Å²) in [5.41, 5.74) is -2.00. The van der Waals surface area contributed by atoms with Crippen LogP contribution in [0.15, 0.2) is 24.3 Å². The topological polar surface area (TPSA) is 77.8 Å². The molecule has 0 aromatic heterocycles. The minimum Gasteiger partial charge on any atom is -0.479 e. The molecule has 3 atom stereocenters. The van der Waals surface area contributed by atoms with Gasteiger partial charge < -0.3 is 15.1 Å². The molecule has 2 saturated heterocycles. The number of carboxylic acid groups (broad SMARTS) is 1. The van der Waals surface area contributed by atoms with Crippen LogP contribution in [0.25, 0.3) is 0 Å². The highest BCUT2D eigenvalue weighted by Gasteiger charge is 2.72. The van der Waals surface area contributed by atoms with Crippen molar-refractivity contribution in [1.82, 2.24) is 4.90 Å². The highest BCUT2D eigenvalue weighted by atomic mass is 32.2. The van der Waals surface area contributed by atoms with Gasteiger partial charge in [0.1, 0.15) is 11.9 Å². The lowest BCUT2D eigenvalue weighted by atomic mass is 9.74. The summed E-state index contributed by atoms with van der Waals surface area (Å²) < 4.78 is 13.1. The lowest BCUT2D eigenvalue weighted by molar-refractivity contribution is -0.179. The molecule has 3 rings (SSSR count). The number of fused-ring (bicyclic) bond motifs is 1. The van der Waals surface area contributed by atoms with Crippen LogP contribution in [0.3, 0.4) is 0 Å². The molecular formula is C15H16FNO4S. The van der Waals surface area contributed by atoms with Crippen LogP contribution in [0.4, 0.5) is 4.39 Å². The second kappa shape index (κ2) is 4.70. The Hall–Kier alpha value is -1.60. The van der Waals surface area contributed by atoms with Gasteiger partial charge in [-0.2, -0.15) is 0 Å². The van der Waals surface area contributed by atoms with Gasteiger partial charge in [-0.05, 0) is 19.9 Å². The van der Waals surface area contributed by atoms with Crippen molar-refractivity contribution >= 4 is 23.6 Å². The van der Waals surface area contributed by atoms with Crippen LogP contribution in [0.5, 0.6) is 0 Å². The van der Waals surface area contributed by atoms with E-state index in [0.29, 0.717) is 0 Å². The summed E-state index contributed by atoms with van der Waals surface area (Å²) in [5, 5.41) is 20.4. The number of hydrogen-bond donors (Lipinski definition) is 2. The molecule has 1 aromatic carbocycles. The number of nitrogens with zero attached hydrogens (tertiary/aromatic N) is 1. The van der Waals surface area contributed by atoms with Crippen molar-refractivity contribution < 1.29 is 24.2 Å². The summed E-state index contributed by atoms with van der Waals surface area (Å²) in [4.78, 5) is 25.3. The van der Waals surface area contributed by atoms with E-state index < -0.39 is 28.2 Å². The van der Waals surface area contributed by atoms with E-state index in [0.717, 1.165) is 0 Å². The van der Waals surface area contributed by atoms with Crippen LogP contribution in [0.2, 0.25) is 0 Å². The third-order valence-electron chi connectivity index (χ3n) is 4.56. The van der Waals surface area contributed by atoms with Crippen LogP contribution >= 0.6 is 11.8 Å². The van der Waals surface area contributed by atoms with Crippen molar-refractivity contribution in [2.75, 3.05) is 0 Å². The first-order valence-corrected chi connectivity index (χ1v) is 7.77. The summed E-state index contributed by atoms with van der Waals surface area (Å²) in [5.74, 6) is -2.34. The van der Waals surface area contributed by atoms with Crippen molar-refractivity contribution in [2.24, 2.45) is 0 Å². The molecule has 1 amide bonds. The Morgan fingerprint density at radius 2 is 2.09 bits per heavy atom. The molecule has 118 valence electrons. The summed E-state index contributed by atoms with van der Waals surface area (Å²) in [6, 6.07) is 5.51. The van der Waals surface area contributed by atoms with Crippen LogP contribution in [-0.4, -0.2) is 42.6 Å². The second-order valence-corrected chi connectivity index (χ2v) is 7.85. The van der Waals surface area contributed by atoms with E-state index in [2.05, 4.69) is 0 Å². The second-order valence-electron chi connectivity index (χ2n) is 6.05. The van der Waals surface area contributed by atoms with Crippen LogP contribution in [-0.2, 0) is 9.59 Å². The number of thioether (sulfide) groups is 1. The summed E-state index contributed by atoms with van der Waals surface area (Å²) in [6.07, 6.45) is -1.41. The van der Waals surface area contributed by atoms with E-state index in [9.17, 15) is 24.2 Å². The zero-order valence-corrected chi connectivity index (χ0v) is 12.9. The molecule has 2 heterocycles. The number of rotatable bonds is 3. The molecule has 1 unspecified atom stereocenters. The number of hydrogen-bond acceptors (Lipinski definition) is 4. The lowest BCUT2D eigenvalue weighted by Crippen LogP contribution is -2.69. The molecule has 5 nitrogen and oxygen atoms in total. The minimum atomic E-state index is -1.89. The van der Waals surface area contributed by atoms with Gasteiger partial charge in [-0.1, -0.05) is 18.2 Å². The molecule has 0 bridgehead atoms. The average Bonchev–Trinajstić information content (AvgIpc) is 2.62. The molecule has 0 aliphatic carbocycles. The standard InChI is InChI=1S/C15H16FNO4S/c1-14(2)15(13(20)21,17-10(18)7-11(17)22-14)12(19)8-5-3-4-6-9(8)16/h3-6,11-12,19H,7H2,1-2H3,(H,20,21)/t11-,12?,15+/m1/s1. The smallest absolute Gasteiger partial charge is 0.334 e.